The minimum Gasteiger partial charge on any atom is -0.268 e. The van der Waals surface area contributed by atoms with Crippen molar-refractivity contribution < 1.29 is 9.72 Å². The number of nitro benzene ring substituents is 1. The molecular weight excluding hydrogens is 368 g/mol. The average Bonchev–Trinajstić information content (AvgIpc) is 2.90. The van der Waals surface area contributed by atoms with Crippen molar-refractivity contribution >= 4 is 51.7 Å². The molecule has 0 radical (unpaired) electrons. The van der Waals surface area contributed by atoms with Gasteiger partial charge in [-0.05, 0) is 37.3 Å². The second kappa shape index (κ2) is 7.63. The van der Waals surface area contributed by atoms with Gasteiger partial charge in [0.25, 0.3) is 11.6 Å². The van der Waals surface area contributed by atoms with Crippen LogP contribution in [0.15, 0.2) is 65.6 Å². The van der Waals surface area contributed by atoms with E-state index in [0.717, 1.165) is 11.3 Å². The zero-order chi connectivity index (χ0) is 18.7. The Morgan fingerprint density at radius 3 is 2.54 bits per heavy atom. The van der Waals surface area contributed by atoms with E-state index in [9.17, 15) is 14.9 Å². The molecule has 0 aliphatic carbocycles. The molecule has 1 heterocycles. The molecule has 0 bridgehead atoms. The first-order valence-corrected chi connectivity index (χ1v) is 8.94. The highest BCUT2D eigenvalue weighted by atomic mass is 32.2. The lowest BCUT2D eigenvalue weighted by Crippen LogP contribution is -2.27. The van der Waals surface area contributed by atoms with E-state index in [1.807, 2.05) is 31.2 Å². The van der Waals surface area contributed by atoms with Gasteiger partial charge in [-0.2, -0.15) is 0 Å². The maximum Gasteiger partial charge on any atom is 0.276 e. The summed E-state index contributed by atoms with van der Waals surface area (Å²) >= 11 is 6.53. The minimum atomic E-state index is -0.434. The normalized spacial score (nSPS) is 16.0. The summed E-state index contributed by atoms with van der Waals surface area (Å²) in [5.41, 5.74) is 2.32. The summed E-state index contributed by atoms with van der Waals surface area (Å²) in [5.74, 6) is -0.198. The molecule has 7 heteroatoms. The fourth-order valence-electron chi connectivity index (χ4n) is 2.43. The average molecular weight is 382 g/mol. The number of carbonyl (C=O) groups is 1. The zero-order valence-electron chi connectivity index (χ0n) is 13.8. The number of para-hydroxylation sites is 1. The number of thioether (sulfide) groups is 1. The van der Waals surface area contributed by atoms with Gasteiger partial charge in [-0.3, -0.25) is 19.8 Å². The van der Waals surface area contributed by atoms with Gasteiger partial charge in [0.05, 0.1) is 21.1 Å². The molecule has 1 saturated heterocycles. The van der Waals surface area contributed by atoms with E-state index in [1.165, 1.54) is 22.7 Å². The van der Waals surface area contributed by atoms with Gasteiger partial charge in [0, 0.05) is 6.07 Å². The van der Waals surface area contributed by atoms with Crippen LogP contribution >= 0.6 is 24.0 Å². The number of benzene rings is 2. The van der Waals surface area contributed by atoms with Crippen LogP contribution in [0.25, 0.3) is 6.08 Å². The SMILES string of the molecule is Cc1ccc(N2C(=O)/C(=C\C=C\c3ccccc3[N+](=O)[O-])SC2=S)cc1. The lowest BCUT2D eigenvalue weighted by molar-refractivity contribution is -0.385. The third-order valence-electron chi connectivity index (χ3n) is 3.74. The summed E-state index contributed by atoms with van der Waals surface area (Å²) in [6.07, 6.45) is 4.87. The predicted molar refractivity (Wildman–Crippen MR) is 109 cm³/mol. The van der Waals surface area contributed by atoms with Gasteiger partial charge >= 0.3 is 0 Å². The number of anilines is 1. The molecule has 0 unspecified atom stereocenters. The van der Waals surface area contributed by atoms with Crippen molar-refractivity contribution in [1.29, 1.82) is 0 Å². The van der Waals surface area contributed by atoms with Crippen molar-refractivity contribution in [2.24, 2.45) is 0 Å². The molecule has 0 saturated carbocycles. The van der Waals surface area contributed by atoms with Gasteiger partial charge in [0.2, 0.25) is 0 Å². The van der Waals surface area contributed by atoms with Crippen LogP contribution < -0.4 is 4.90 Å². The number of hydrogen-bond donors (Lipinski definition) is 0. The number of rotatable bonds is 4. The van der Waals surface area contributed by atoms with Crippen molar-refractivity contribution in [3.05, 3.63) is 86.8 Å². The smallest absolute Gasteiger partial charge is 0.268 e. The number of aryl methyl sites for hydroxylation is 1. The molecule has 1 fully saturated rings. The molecule has 130 valence electrons. The van der Waals surface area contributed by atoms with Crippen molar-refractivity contribution in [3.8, 4) is 0 Å². The largest absolute Gasteiger partial charge is 0.276 e. The van der Waals surface area contributed by atoms with Gasteiger partial charge in [-0.15, -0.1) is 0 Å². The lowest BCUT2D eigenvalue weighted by atomic mass is 10.1. The van der Waals surface area contributed by atoms with E-state index in [2.05, 4.69) is 0 Å². The van der Waals surface area contributed by atoms with Gasteiger partial charge in [-0.25, -0.2) is 0 Å². The van der Waals surface area contributed by atoms with E-state index in [1.54, 1.807) is 36.4 Å². The summed E-state index contributed by atoms with van der Waals surface area (Å²) in [7, 11) is 0. The molecule has 0 atom stereocenters. The van der Waals surface area contributed by atoms with Crippen LogP contribution in [0, 0.1) is 17.0 Å². The molecule has 5 nitrogen and oxygen atoms in total. The first-order chi connectivity index (χ1) is 12.5. The van der Waals surface area contributed by atoms with E-state index in [4.69, 9.17) is 12.2 Å². The highest BCUT2D eigenvalue weighted by molar-refractivity contribution is 8.27. The topological polar surface area (TPSA) is 63.5 Å². The summed E-state index contributed by atoms with van der Waals surface area (Å²) in [6.45, 7) is 1.97. The third-order valence-corrected chi connectivity index (χ3v) is 5.06. The Bertz CT molecular complexity index is 950. The Balaban J connectivity index is 1.82. The van der Waals surface area contributed by atoms with Crippen LogP contribution in [-0.4, -0.2) is 15.2 Å². The van der Waals surface area contributed by atoms with Gasteiger partial charge in [0.1, 0.15) is 0 Å². The Hall–Kier alpha value is -2.77. The fraction of sp³-hybridized carbons (Fsp3) is 0.0526. The van der Waals surface area contributed by atoms with E-state index in [-0.39, 0.29) is 11.6 Å². The quantitative estimate of drug-likeness (QED) is 0.327. The van der Waals surface area contributed by atoms with E-state index in [0.29, 0.717) is 14.8 Å². The van der Waals surface area contributed by atoms with Crippen molar-refractivity contribution in [3.63, 3.8) is 0 Å². The molecule has 3 rings (SSSR count). The Kier molecular flexibility index (Phi) is 5.29. The summed E-state index contributed by atoms with van der Waals surface area (Å²) in [4.78, 5) is 25.2. The van der Waals surface area contributed by atoms with Crippen LogP contribution in [0.1, 0.15) is 11.1 Å². The molecule has 2 aromatic carbocycles. The van der Waals surface area contributed by atoms with Crippen molar-refractivity contribution in [1.82, 2.24) is 0 Å². The Labute approximate surface area is 160 Å². The van der Waals surface area contributed by atoms with Gasteiger partial charge in [-0.1, -0.05) is 59.9 Å². The number of nitrogens with zero attached hydrogens (tertiary/aromatic N) is 2. The monoisotopic (exact) mass is 382 g/mol. The van der Waals surface area contributed by atoms with Crippen LogP contribution in [0.3, 0.4) is 0 Å². The molecule has 1 aliphatic rings. The van der Waals surface area contributed by atoms with E-state index < -0.39 is 4.92 Å². The first-order valence-electron chi connectivity index (χ1n) is 7.72. The van der Waals surface area contributed by atoms with Gasteiger partial charge in [0.15, 0.2) is 4.32 Å². The number of hydrogen-bond acceptors (Lipinski definition) is 5. The van der Waals surface area contributed by atoms with Crippen LogP contribution in [-0.2, 0) is 4.79 Å². The van der Waals surface area contributed by atoms with E-state index >= 15 is 0 Å². The molecule has 26 heavy (non-hydrogen) atoms. The number of thiocarbonyl (C=S) groups is 1. The molecule has 2 aromatic rings. The second-order valence-electron chi connectivity index (χ2n) is 5.55. The molecule has 0 N–H and O–H groups in total. The summed E-state index contributed by atoms with van der Waals surface area (Å²) in [5, 5.41) is 11.0. The molecule has 1 amide bonds. The Morgan fingerprint density at radius 2 is 1.85 bits per heavy atom. The molecule has 1 aliphatic heterocycles. The van der Waals surface area contributed by atoms with Crippen molar-refractivity contribution in [2.45, 2.75) is 6.92 Å². The van der Waals surface area contributed by atoms with Crippen LogP contribution in [0.2, 0.25) is 0 Å². The maximum atomic E-state index is 12.6. The highest BCUT2D eigenvalue weighted by Crippen LogP contribution is 2.35. The third kappa shape index (κ3) is 3.74. The molecule has 0 aromatic heterocycles. The predicted octanol–water partition coefficient (Wildman–Crippen LogP) is 4.87. The first kappa shape index (κ1) is 18.0. The number of amides is 1. The standard InChI is InChI=1S/C19H14N2O3S2/c1-13-9-11-15(12-10-13)20-18(22)17(26-19(20)25)8-4-6-14-5-2-3-7-16(14)21(23)24/h2-12H,1H3/b6-4+,17-8+. The summed E-state index contributed by atoms with van der Waals surface area (Å²) < 4.78 is 0.462. The second-order valence-corrected chi connectivity index (χ2v) is 7.23. The minimum absolute atomic E-state index is 0.0179. The fourth-order valence-corrected chi connectivity index (χ4v) is 3.68. The number of allylic oxidation sites excluding steroid dienone is 2. The molecular formula is C19H14N2O3S2. The van der Waals surface area contributed by atoms with Crippen molar-refractivity contribution in [2.75, 3.05) is 4.90 Å². The van der Waals surface area contributed by atoms with Crippen LogP contribution in [0.4, 0.5) is 11.4 Å². The number of nitro groups is 1. The van der Waals surface area contributed by atoms with Gasteiger partial charge < -0.3 is 0 Å². The van der Waals surface area contributed by atoms with Crippen LogP contribution in [0.5, 0.6) is 0 Å². The zero-order valence-corrected chi connectivity index (χ0v) is 15.4. The lowest BCUT2D eigenvalue weighted by Gasteiger charge is -2.14. The summed E-state index contributed by atoms with van der Waals surface area (Å²) in [6, 6.07) is 14.0. The highest BCUT2D eigenvalue weighted by Gasteiger charge is 2.32. The number of carbonyl (C=O) groups excluding carboxylic acids is 1. The Morgan fingerprint density at radius 1 is 1.15 bits per heavy atom. The maximum absolute atomic E-state index is 12.6. The molecule has 0 spiro atoms.